The Balaban J connectivity index is 2.37. The molecule has 1 aliphatic rings. The Bertz CT molecular complexity index is 347. The summed E-state index contributed by atoms with van der Waals surface area (Å²) in [5.41, 5.74) is 4.23. The predicted molar refractivity (Wildman–Crippen MR) is 62.1 cm³/mol. The fourth-order valence-electron chi connectivity index (χ4n) is 2.47. The van der Waals surface area contributed by atoms with Crippen molar-refractivity contribution in [3.63, 3.8) is 0 Å². The highest BCUT2D eigenvalue weighted by Crippen LogP contribution is 2.37. The molecule has 0 saturated heterocycles. The Labute approximate surface area is 86.7 Å². The van der Waals surface area contributed by atoms with Gasteiger partial charge in [0, 0.05) is 0 Å². The summed E-state index contributed by atoms with van der Waals surface area (Å²) in [5.74, 6) is 1.40. The van der Waals surface area contributed by atoms with Gasteiger partial charge in [0.25, 0.3) is 0 Å². The van der Waals surface area contributed by atoms with E-state index in [9.17, 15) is 0 Å². The lowest BCUT2D eigenvalue weighted by Crippen LogP contribution is -2.17. The Morgan fingerprint density at radius 2 is 2.00 bits per heavy atom. The molecule has 1 aliphatic carbocycles. The smallest absolute Gasteiger partial charge is 0.0136 e. The van der Waals surface area contributed by atoms with Crippen molar-refractivity contribution < 1.29 is 0 Å². The van der Waals surface area contributed by atoms with Crippen LogP contribution in [0.25, 0.3) is 5.57 Å². The van der Waals surface area contributed by atoms with E-state index in [1.165, 1.54) is 29.5 Å². The molecule has 1 aromatic carbocycles. The van der Waals surface area contributed by atoms with Gasteiger partial charge in [-0.15, -0.1) is 0 Å². The number of hydrogen-bond donors (Lipinski definition) is 0. The normalized spacial score (nSPS) is 21.1. The molecule has 0 bridgehead atoms. The van der Waals surface area contributed by atoms with Crippen molar-refractivity contribution >= 4 is 5.57 Å². The highest BCUT2D eigenvalue weighted by atomic mass is 14.3. The number of hydrogen-bond acceptors (Lipinski definition) is 0. The van der Waals surface area contributed by atoms with Gasteiger partial charge in [-0.25, -0.2) is 0 Å². The van der Waals surface area contributed by atoms with Crippen LogP contribution in [0, 0.1) is 11.8 Å². The largest absolute Gasteiger partial charge is 0.0949 e. The molecule has 2 rings (SSSR count). The van der Waals surface area contributed by atoms with Crippen LogP contribution in [0.3, 0.4) is 0 Å². The number of aryl methyl sites for hydroxylation is 1. The van der Waals surface area contributed by atoms with Gasteiger partial charge in [0.15, 0.2) is 0 Å². The van der Waals surface area contributed by atoms with Gasteiger partial charge in [0.2, 0.25) is 0 Å². The summed E-state index contributed by atoms with van der Waals surface area (Å²) < 4.78 is 0. The SMILES string of the molecule is C=C1c2ccccc2CCC1C(C)C. The highest BCUT2D eigenvalue weighted by Gasteiger charge is 2.23. The van der Waals surface area contributed by atoms with Crippen LogP contribution in [-0.4, -0.2) is 0 Å². The summed E-state index contributed by atoms with van der Waals surface area (Å²) in [4.78, 5) is 0. The predicted octanol–water partition coefficient (Wildman–Crippen LogP) is 3.92. The first kappa shape index (κ1) is 9.51. The third-order valence-electron chi connectivity index (χ3n) is 3.34. The van der Waals surface area contributed by atoms with Crippen LogP contribution in [0.5, 0.6) is 0 Å². The van der Waals surface area contributed by atoms with E-state index in [4.69, 9.17) is 0 Å². The molecule has 0 fully saturated rings. The molecule has 14 heavy (non-hydrogen) atoms. The van der Waals surface area contributed by atoms with Gasteiger partial charge in [0.1, 0.15) is 0 Å². The van der Waals surface area contributed by atoms with Crippen molar-refractivity contribution in [2.24, 2.45) is 11.8 Å². The fraction of sp³-hybridized carbons (Fsp3) is 0.429. The average molecular weight is 186 g/mol. The molecule has 74 valence electrons. The van der Waals surface area contributed by atoms with Crippen LogP contribution in [0.4, 0.5) is 0 Å². The third-order valence-corrected chi connectivity index (χ3v) is 3.34. The van der Waals surface area contributed by atoms with Crippen molar-refractivity contribution in [3.05, 3.63) is 42.0 Å². The molecule has 0 heteroatoms. The molecule has 1 unspecified atom stereocenters. The minimum atomic E-state index is 0.685. The molecule has 1 atom stereocenters. The van der Waals surface area contributed by atoms with Crippen LogP contribution in [0.1, 0.15) is 31.4 Å². The molecule has 0 radical (unpaired) electrons. The minimum absolute atomic E-state index is 0.685. The first-order valence-electron chi connectivity index (χ1n) is 5.47. The highest BCUT2D eigenvalue weighted by molar-refractivity contribution is 5.69. The number of benzene rings is 1. The van der Waals surface area contributed by atoms with E-state index in [1.54, 1.807) is 0 Å². The van der Waals surface area contributed by atoms with Gasteiger partial charge >= 0.3 is 0 Å². The summed E-state index contributed by atoms with van der Waals surface area (Å²) in [6.07, 6.45) is 2.49. The molecular weight excluding hydrogens is 168 g/mol. The summed E-state index contributed by atoms with van der Waals surface area (Å²) in [6, 6.07) is 8.69. The number of fused-ring (bicyclic) bond motifs is 1. The Hall–Kier alpha value is -1.04. The first-order valence-corrected chi connectivity index (χ1v) is 5.47. The standard InChI is InChI=1S/C14H18/c1-10(2)13-9-8-12-6-4-5-7-14(12)11(13)3/h4-7,10,13H,3,8-9H2,1-2H3. The lowest BCUT2D eigenvalue weighted by molar-refractivity contribution is 0.441. The second-order valence-corrected chi connectivity index (χ2v) is 4.57. The Morgan fingerprint density at radius 1 is 1.29 bits per heavy atom. The zero-order valence-corrected chi connectivity index (χ0v) is 9.09. The second-order valence-electron chi connectivity index (χ2n) is 4.57. The molecule has 0 N–H and O–H groups in total. The molecule has 0 saturated carbocycles. The second kappa shape index (κ2) is 3.61. The molecule has 1 aromatic rings. The first-order chi connectivity index (χ1) is 6.70. The van der Waals surface area contributed by atoms with E-state index >= 15 is 0 Å². The van der Waals surface area contributed by atoms with Crippen molar-refractivity contribution in [1.29, 1.82) is 0 Å². The Morgan fingerprint density at radius 3 is 2.71 bits per heavy atom. The summed E-state index contributed by atoms with van der Waals surface area (Å²) in [6.45, 7) is 8.85. The topological polar surface area (TPSA) is 0 Å². The van der Waals surface area contributed by atoms with Gasteiger partial charge in [-0.05, 0) is 41.4 Å². The summed E-state index contributed by atoms with van der Waals surface area (Å²) in [7, 11) is 0. The molecule has 0 aromatic heterocycles. The monoisotopic (exact) mass is 186 g/mol. The van der Waals surface area contributed by atoms with E-state index in [1.807, 2.05) is 0 Å². The minimum Gasteiger partial charge on any atom is -0.0949 e. The summed E-state index contributed by atoms with van der Waals surface area (Å²) in [5, 5.41) is 0. The maximum Gasteiger partial charge on any atom is -0.0136 e. The quantitative estimate of drug-likeness (QED) is 0.623. The maximum absolute atomic E-state index is 4.26. The van der Waals surface area contributed by atoms with Crippen molar-refractivity contribution in [2.75, 3.05) is 0 Å². The number of rotatable bonds is 1. The molecule has 0 aliphatic heterocycles. The molecular formula is C14H18. The lowest BCUT2D eigenvalue weighted by atomic mass is 9.75. The van der Waals surface area contributed by atoms with Crippen LogP contribution in [0.2, 0.25) is 0 Å². The van der Waals surface area contributed by atoms with E-state index < -0.39 is 0 Å². The zero-order valence-electron chi connectivity index (χ0n) is 9.09. The molecule has 0 nitrogen and oxygen atoms in total. The van der Waals surface area contributed by atoms with Crippen molar-refractivity contribution in [3.8, 4) is 0 Å². The van der Waals surface area contributed by atoms with E-state index in [2.05, 4.69) is 44.7 Å². The van der Waals surface area contributed by atoms with Gasteiger partial charge in [-0.2, -0.15) is 0 Å². The van der Waals surface area contributed by atoms with Gasteiger partial charge in [-0.1, -0.05) is 44.7 Å². The van der Waals surface area contributed by atoms with E-state index in [0.29, 0.717) is 5.92 Å². The molecule has 0 heterocycles. The van der Waals surface area contributed by atoms with Gasteiger partial charge < -0.3 is 0 Å². The van der Waals surface area contributed by atoms with Crippen LogP contribution >= 0.6 is 0 Å². The lowest BCUT2D eigenvalue weighted by Gasteiger charge is -2.29. The Kier molecular flexibility index (Phi) is 2.45. The fourth-order valence-corrected chi connectivity index (χ4v) is 2.47. The average Bonchev–Trinajstić information content (AvgIpc) is 2.18. The van der Waals surface area contributed by atoms with E-state index in [-0.39, 0.29) is 0 Å². The van der Waals surface area contributed by atoms with E-state index in [0.717, 1.165) is 5.92 Å². The van der Waals surface area contributed by atoms with Crippen LogP contribution < -0.4 is 0 Å². The molecule has 0 amide bonds. The summed E-state index contributed by atoms with van der Waals surface area (Å²) >= 11 is 0. The maximum atomic E-state index is 4.26. The zero-order chi connectivity index (χ0) is 10.1. The number of allylic oxidation sites excluding steroid dienone is 1. The van der Waals surface area contributed by atoms with Gasteiger partial charge in [0.05, 0.1) is 0 Å². The van der Waals surface area contributed by atoms with Crippen molar-refractivity contribution in [1.82, 2.24) is 0 Å². The molecule has 0 spiro atoms. The van der Waals surface area contributed by atoms with Crippen molar-refractivity contribution in [2.45, 2.75) is 26.7 Å². The van der Waals surface area contributed by atoms with Crippen LogP contribution in [-0.2, 0) is 6.42 Å². The third kappa shape index (κ3) is 1.50. The van der Waals surface area contributed by atoms with Gasteiger partial charge in [-0.3, -0.25) is 0 Å². The van der Waals surface area contributed by atoms with Crippen LogP contribution in [0.15, 0.2) is 30.8 Å².